The first-order valence-electron chi connectivity index (χ1n) is 6.67. The number of nitrogens with one attached hydrogen (secondary N) is 1. The lowest BCUT2D eigenvalue weighted by Gasteiger charge is -2.36. The number of hydrogen-bond acceptors (Lipinski definition) is 3. The molecule has 2 rings (SSSR count). The Morgan fingerprint density at radius 3 is 2.90 bits per heavy atom. The molecule has 1 aromatic heterocycles. The summed E-state index contributed by atoms with van der Waals surface area (Å²) in [6.07, 6.45) is 0.773. The van der Waals surface area contributed by atoms with Crippen molar-refractivity contribution >= 4 is 23.3 Å². The summed E-state index contributed by atoms with van der Waals surface area (Å²) in [5.74, 6) is -0.915. The number of carboxylic acid groups (broad SMARTS) is 1. The molecule has 0 aromatic carbocycles. The Balaban J connectivity index is 2.06. The molecule has 2 amide bonds. The van der Waals surface area contributed by atoms with Crippen molar-refractivity contribution in [2.24, 2.45) is 0 Å². The number of nitrogens with zero attached hydrogens (tertiary/aromatic N) is 1. The molecule has 20 heavy (non-hydrogen) atoms. The molecule has 1 aliphatic rings. The van der Waals surface area contributed by atoms with E-state index < -0.39 is 11.5 Å². The highest BCUT2D eigenvalue weighted by Crippen LogP contribution is 2.32. The molecule has 0 saturated carbocycles. The van der Waals surface area contributed by atoms with Gasteiger partial charge < -0.3 is 15.3 Å². The van der Waals surface area contributed by atoms with Crippen LogP contribution in [0.1, 0.15) is 43.7 Å². The van der Waals surface area contributed by atoms with Crippen LogP contribution in [0.25, 0.3) is 0 Å². The van der Waals surface area contributed by atoms with E-state index in [2.05, 4.69) is 16.8 Å². The minimum absolute atomic E-state index is 0.0330. The minimum atomic E-state index is -0.915. The number of fused-ring (bicyclic) bond motifs is 1. The molecule has 0 fully saturated rings. The highest BCUT2D eigenvalue weighted by molar-refractivity contribution is 7.10. The Morgan fingerprint density at radius 2 is 2.25 bits per heavy atom. The molecular formula is C14H20N2O3S. The Labute approximate surface area is 122 Å². The predicted octanol–water partition coefficient (Wildman–Crippen LogP) is 2.63. The van der Waals surface area contributed by atoms with E-state index in [1.165, 1.54) is 10.4 Å². The van der Waals surface area contributed by atoms with Gasteiger partial charge in [-0.1, -0.05) is 0 Å². The number of carbonyl (C=O) groups excluding carboxylic acids is 1. The van der Waals surface area contributed by atoms with Crippen LogP contribution in [0.5, 0.6) is 0 Å². The van der Waals surface area contributed by atoms with Crippen LogP contribution in [0.15, 0.2) is 11.4 Å². The third kappa shape index (κ3) is 3.12. The fraction of sp³-hybridized carbons (Fsp3) is 0.571. The topological polar surface area (TPSA) is 69.6 Å². The van der Waals surface area contributed by atoms with E-state index in [0.717, 1.165) is 6.42 Å². The van der Waals surface area contributed by atoms with E-state index in [1.807, 2.05) is 6.92 Å². The van der Waals surface area contributed by atoms with E-state index in [1.54, 1.807) is 30.1 Å². The molecule has 6 heteroatoms. The molecule has 110 valence electrons. The fourth-order valence-corrected chi connectivity index (χ4v) is 3.53. The second kappa shape index (κ2) is 5.44. The number of carbonyl (C=O) groups is 2. The standard InChI is InChI=1S/C14H20N2O3S/c1-9-10-5-7-20-11(10)4-6-16(9)13(19)15-14(2,3)8-12(17)18/h5,7,9H,4,6,8H2,1-3H3,(H,15,19)(H,17,18). The molecule has 1 unspecified atom stereocenters. The summed E-state index contributed by atoms with van der Waals surface area (Å²) < 4.78 is 0. The zero-order chi connectivity index (χ0) is 14.9. The maximum absolute atomic E-state index is 12.4. The number of carboxylic acids is 1. The summed E-state index contributed by atoms with van der Waals surface area (Å²) in [4.78, 5) is 26.3. The highest BCUT2D eigenvalue weighted by Gasteiger charge is 2.32. The first-order valence-corrected chi connectivity index (χ1v) is 7.55. The Kier molecular flexibility index (Phi) is 4.04. The zero-order valence-corrected chi connectivity index (χ0v) is 12.8. The van der Waals surface area contributed by atoms with Gasteiger partial charge in [-0.05, 0) is 44.2 Å². The van der Waals surface area contributed by atoms with Crippen LogP contribution in [0.4, 0.5) is 4.79 Å². The molecule has 0 saturated heterocycles. The van der Waals surface area contributed by atoms with E-state index >= 15 is 0 Å². The van der Waals surface area contributed by atoms with Crippen molar-refractivity contribution in [3.05, 3.63) is 21.9 Å². The number of hydrogen-bond donors (Lipinski definition) is 2. The predicted molar refractivity (Wildman–Crippen MR) is 78.0 cm³/mol. The first-order chi connectivity index (χ1) is 9.30. The summed E-state index contributed by atoms with van der Waals surface area (Å²) in [5.41, 5.74) is 0.449. The molecule has 2 heterocycles. The average Bonchev–Trinajstić information content (AvgIpc) is 2.75. The van der Waals surface area contributed by atoms with Crippen molar-refractivity contribution in [1.82, 2.24) is 10.2 Å². The lowest BCUT2D eigenvalue weighted by atomic mass is 10.00. The molecule has 5 nitrogen and oxygen atoms in total. The van der Waals surface area contributed by atoms with Crippen molar-refractivity contribution in [3.63, 3.8) is 0 Å². The monoisotopic (exact) mass is 296 g/mol. The zero-order valence-electron chi connectivity index (χ0n) is 12.0. The van der Waals surface area contributed by atoms with Crippen molar-refractivity contribution in [2.45, 2.75) is 45.2 Å². The summed E-state index contributed by atoms with van der Waals surface area (Å²) in [5, 5.41) is 13.7. The van der Waals surface area contributed by atoms with Crippen LogP contribution >= 0.6 is 11.3 Å². The fourth-order valence-electron chi connectivity index (χ4n) is 2.57. The third-order valence-corrected chi connectivity index (χ3v) is 4.57. The van der Waals surface area contributed by atoms with Crippen LogP contribution in [-0.2, 0) is 11.2 Å². The van der Waals surface area contributed by atoms with Crippen molar-refractivity contribution in [2.75, 3.05) is 6.54 Å². The molecule has 1 aromatic rings. The Bertz CT molecular complexity index is 524. The van der Waals surface area contributed by atoms with Gasteiger partial charge in [0.2, 0.25) is 0 Å². The normalized spacial score (nSPS) is 18.6. The smallest absolute Gasteiger partial charge is 0.318 e. The van der Waals surface area contributed by atoms with Crippen molar-refractivity contribution in [3.8, 4) is 0 Å². The lowest BCUT2D eigenvalue weighted by molar-refractivity contribution is -0.138. The minimum Gasteiger partial charge on any atom is -0.481 e. The molecule has 1 atom stereocenters. The molecule has 0 radical (unpaired) electrons. The quantitative estimate of drug-likeness (QED) is 0.901. The maximum atomic E-state index is 12.4. The van der Waals surface area contributed by atoms with E-state index in [0.29, 0.717) is 6.54 Å². The summed E-state index contributed by atoms with van der Waals surface area (Å²) in [7, 11) is 0. The van der Waals surface area contributed by atoms with Gasteiger partial charge in [-0.15, -0.1) is 11.3 Å². The van der Waals surface area contributed by atoms with Crippen molar-refractivity contribution < 1.29 is 14.7 Å². The highest BCUT2D eigenvalue weighted by atomic mass is 32.1. The molecule has 2 N–H and O–H groups in total. The van der Waals surface area contributed by atoms with E-state index in [9.17, 15) is 9.59 Å². The van der Waals surface area contributed by atoms with Gasteiger partial charge in [0.05, 0.1) is 12.5 Å². The number of amides is 2. The van der Waals surface area contributed by atoms with Gasteiger partial charge in [-0.25, -0.2) is 4.79 Å². The van der Waals surface area contributed by atoms with Gasteiger partial charge >= 0.3 is 12.0 Å². The van der Waals surface area contributed by atoms with Crippen LogP contribution in [-0.4, -0.2) is 34.1 Å². The largest absolute Gasteiger partial charge is 0.481 e. The maximum Gasteiger partial charge on any atom is 0.318 e. The van der Waals surface area contributed by atoms with Crippen LogP contribution in [0.3, 0.4) is 0 Å². The van der Waals surface area contributed by atoms with Gasteiger partial charge in [0.1, 0.15) is 0 Å². The molecule has 0 spiro atoms. The molecule has 0 bridgehead atoms. The van der Waals surface area contributed by atoms with Crippen LogP contribution in [0, 0.1) is 0 Å². The molecule has 1 aliphatic heterocycles. The van der Waals surface area contributed by atoms with Crippen molar-refractivity contribution in [1.29, 1.82) is 0 Å². The number of urea groups is 1. The van der Waals surface area contributed by atoms with Gasteiger partial charge in [0, 0.05) is 17.0 Å². The van der Waals surface area contributed by atoms with Gasteiger partial charge in [0.15, 0.2) is 0 Å². The van der Waals surface area contributed by atoms with Gasteiger partial charge in [-0.3, -0.25) is 4.79 Å². The van der Waals surface area contributed by atoms with Gasteiger partial charge in [-0.2, -0.15) is 0 Å². The summed E-state index contributed by atoms with van der Waals surface area (Å²) in [6.45, 7) is 6.13. The van der Waals surface area contributed by atoms with Gasteiger partial charge in [0.25, 0.3) is 0 Å². The number of aliphatic carboxylic acids is 1. The lowest BCUT2D eigenvalue weighted by Crippen LogP contribution is -2.52. The third-order valence-electron chi connectivity index (χ3n) is 3.58. The average molecular weight is 296 g/mol. The van der Waals surface area contributed by atoms with E-state index in [4.69, 9.17) is 5.11 Å². The summed E-state index contributed by atoms with van der Waals surface area (Å²) >= 11 is 1.73. The van der Waals surface area contributed by atoms with Crippen LogP contribution < -0.4 is 5.32 Å². The molecular weight excluding hydrogens is 276 g/mol. The van der Waals surface area contributed by atoms with E-state index in [-0.39, 0.29) is 18.5 Å². The second-order valence-corrected chi connectivity index (χ2v) is 6.80. The summed E-state index contributed by atoms with van der Waals surface area (Å²) in [6, 6.07) is 1.90. The second-order valence-electron chi connectivity index (χ2n) is 5.80. The Morgan fingerprint density at radius 1 is 1.55 bits per heavy atom. The molecule has 0 aliphatic carbocycles. The number of thiophene rings is 1. The first kappa shape index (κ1) is 14.8. The number of rotatable bonds is 3. The van der Waals surface area contributed by atoms with Crippen LogP contribution in [0.2, 0.25) is 0 Å². The Hall–Kier alpha value is -1.56. The SMILES string of the molecule is CC1c2ccsc2CCN1C(=O)NC(C)(C)CC(=O)O.